The molecule has 1 N–H and O–H groups in total. The van der Waals surface area contributed by atoms with Gasteiger partial charge in [-0.15, -0.1) is 0 Å². The summed E-state index contributed by atoms with van der Waals surface area (Å²) in [5.41, 5.74) is 3.00. The Hall–Kier alpha value is -3.65. The van der Waals surface area contributed by atoms with Crippen LogP contribution in [0.3, 0.4) is 0 Å². The molecular weight excluding hydrogens is 522 g/mol. The molecule has 1 fully saturated rings. The first-order valence-electron chi connectivity index (χ1n) is 14.0. The lowest BCUT2D eigenvalue weighted by molar-refractivity contribution is -0.140. The lowest BCUT2D eigenvalue weighted by Gasteiger charge is -2.34. The number of carbonyl (C=O) groups excluding carboxylic acids is 2. The molecule has 3 aromatic rings. The fourth-order valence-corrected chi connectivity index (χ4v) is 6.80. The van der Waals surface area contributed by atoms with Crippen molar-refractivity contribution >= 4 is 27.5 Å². The van der Waals surface area contributed by atoms with Crippen LogP contribution in [0.2, 0.25) is 0 Å². The fraction of sp³-hybridized carbons (Fsp3) is 0.375. The molecule has 1 atom stereocenters. The maximum Gasteiger partial charge on any atom is 0.264 e. The van der Waals surface area contributed by atoms with Gasteiger partial charge in [0, 0.05) is 12.6 Å². The highest BCUT2D eigenvalue weighted by Gasteiger charge is 2.35. The number of carbonyl (C=O) groups is 2. The average molecular weight is 562 g/mol. The highest BCUT2D eigenvalue weighted by Crippen LogP contribution is 2.29. The number of nitrogens with zero attached hydrogens (tertiary/aromatic N) is 2. The summed E-state index contributed by atoms with van der Waals surface area (Å²) in [5, 5.41) is 3.14. The molecule has 7 nitrogen and oxygen atoms in total. The molecule has 40 heavy (non-hydrogen) atoms. The number of aryl methyl sites for hydroxylation is 1. The molecule has 1 aliphatic rings. The van der Waals surface area contributed by atoms with Crippen molar-refractivity contribution in [3.8, 4) is 0 Å². The second kappa shape index (κ2) is 13.1. The van der Waals surface area contributed by atoms with Crippen LogP contribution in [0.25, 0.3) is 0 Å². The number of hydrogen-bond donors (Lipinski definition) is 1. The van der Waals surface area contributed by atoms with E-state index in [4.69, 9.17) is 0 Å². The van der Waals surface area contributed by atoms with Gasteiger partial charge in [0.25, 0.3) is 10.0 Å². The van der Waals surface area contributed by atoms with E-state index in [9.17, 15) is 18.0 Å². The van der Waals surface area contributed by atoms with Crippen molar-refractivity contribution in [2.24, 2.45) is 0 Å². The Bertz CT molecular complexity index is 1400. The van der Waals surface area contributed by atoms with Crippen LogP contribution in [-0.4, -0.2) is 43.8 Å². The van der Waals surface area contributed by atoms with E-state index in [0.29, 0.717) is 12.1 Å². The summed E-state index contributed by atoms with van der Waals surface area (Å²) in [6.07, 6.45) is 4.44. The van der Waals surface area contributed by atoms with E-state index in [1.54, 1.807) is 30.3 Å². The quantitative estimate of drug-likeness (QED) is 0.341. The van der Waals surface area contributed by atoms with E-state index in [1.165, 1.54) is 21.3 Å². The van der Waals surface area contributed by atoms with Crippen LogP contribution < -0.4 is 9.62 Å². The van der Waals surface area contributed by atoms with E-state index in [1.807, 2.05) is 57.2 Å². The molecular formula is C32H39N3O4S. The molecule has 1 saturated carbocycles. The predicted molar refractivity (Wildman–Crippen MR) is 158 cm³/mol. The smallest absolute Gasteiger partial charge is 0.264 e. The number of anilines is 1. The van der Waals surface area contributed by atoms with Crippen molar-refractivity contribution in [3.05, 3.63) is 95.6 Å². The largest absolute Gasteiger partial charge is 0.352 e. The maximum atomic E-state index is 14.2. The summed E-state index contributed by atoms with van der Waals surface area (Å²) < 4.78 is 29.2. The van der Waals surface area contributed by atoms with Crippen LogP contribution in [0, 0.1) is 13.8 Å². The summed E-state index contributed by atoms with van der Waals surface area (Å²) in [6, 6.07) is 22.4. The van der Waals surface area contributed by atoms with E-state index in [2.05, 4.69) is 5.32 Å². The minimum atomic E-state index is -4.08. The zero-order valence-corrected chi connectivity index (χ0v) is 24.4. The van der Waals surface area contributed by atoms with Gasteiger partial charge in [0.1, 0.15) is 12.6 Å². The monoisotopic (exact) mass is 561 g/mol. The molecule has 0 saturated heterocycles. The van der Waals surface area contributed by atoms with Gasteiger partial charge in [0.05, 0.1) is 10.6 Å². The molecule has 0 aromatic heterocycles. The predicted octanol–water partition coefficient (Wildman–Crippen LogP) is 5.36. The minimum absolute atomic E-state index is 0.101. The fourth-order valence-electron chi connectivity index (χ4n) is 5.31. The van der Waals surface area contributed by atoms with Gasteiger partial charge >= 0.3 is 0 Å². The highest BCUT2D eigenvalue weighted by atomic mass is 32.2. The number of amides is 2. The van der Waals surface area contributed by atoms with Gasteiger partial charge in [0.2, 0.25) is 11.8 Å². The van der Waals surface area contributed by atoms with Gasteiger partial charge in [0.15, 0.2) is 0 Å². The second-order valence-electron chi connectivity index (χ2n) is 10.5. The van der Waals surface area contributed by atoms with Crippen molar-refractivity contribution in [1.29, 1.82) is 0 Å². The van der Waals surface area contributed by atoms with E-state index < -0.39 is 28.5 Å². The molecule has 2 amide bonds. The van der Waals surface area contributed by atoms with Crippen LogP contribution in [0.5, 0.6) is 0 Å². The highest BCUT2D eigenvalue weighted by molar-refractivity contribution is 7.92. The Kier molecular flexibility index (Phi) is 9.63. The Labute approximate surface area is 238 Å². The maximum absolute atomic E-state index is 14.2. The summed E-state index contributed by atoms with van der Waals surface area (Å²) in [7, 11) is -4.08. The number of hydrogen-bond acceptors (Lipinski definition) is 4. The Morgan fingerprint density at radius 2 is 1.52 bits per heavy atom. The van der Waals surface area contributed by atoms with E-state index >= 15 is 0 Å². The number of rotatable bonds is 11. The number of nitrogens with one attached hydrogen (secondary N) is 1. The SMILES string of the molecule is CC[C@H](C(=O)NC1CCCC1)N(Cc1ccccc1)C(=O)CN(c1cccc(C)c1C)S(=O)(=O)c1ccccc1. The van der Waals surface area contributed by atoms with Gasteiger partial charge < -0.3 is 10.2 Å². The third-order valence-corrected chi connectivity index (χ3v) is 9.51. The Morgan fingerprint density at radius 1 is 0.900 bits per heavy atom. The molecule has 8 heteroatoms. The van der Waals surface area contributed by atoms with Crippen LogP contribution >= 0.6 is 0 Å². The molecule has 0 spiro atoms. The lowest BCUT2D eigenvalue weighted by atomic mass is 10.1. The zero-order chi connectivity index (χ0) is 28.7. The van der Waals surface area contributed by atoms with E-state index in [0.717, 1.165) is 42.4 Å². The van der Waals surface area contributed by atoms with Gasteiger partial charge in [-0.05, 0) is 68.0 Å². The molecule has 0 unspecified atom stereocenters. The first-order valence-corrected chi connectivity index (χ1v) is 15.4. The summed E-state index contributed by atoms with van der Waals surface area (Å²) >= 11 is 0. The van der Waals surface area contributed by atoms with Gasteiger partial charge in [-0.2, -0.15) is 0 Å². The van der Waals surface area contributed by atoms with Crippen molar-refractivity contribution in [3.63, 3.8) is 0 Å². The Morgan fingerprint density at radius 3 is 2.15 bits per heavy atom. The first kappa shape index (κ1) is 29.3. The molecule has 0 bridgehead atoms. The van der Waals surface area contributed by atoms with Crippen LogP contribution in [0.4, 0.5) is 5.69 Å². The van der Waals surface area contributed by atoms with E-state index in [-0.39, 0.29) is 23.4 Å². The summed E-state index contributed by atoms with van der Waals surface area (Å²) in [4.78, 5) is 29.3. The molecule has 3 aromatic carbocycles. The number of benzene rings is 3. The normalized spacial score (nSPS) is 14.5. The van der Waals surface area contributed by atoms with Crippen molar-refractivity contribution in [1.82, 2.24) is 10.2 Å². The number of sulfonamides is 1. The van der Waals surface area contributed by atoms with Crippen molar-refractivity contribution in [2.45, 2.75) is 76.4 Å². The molecule has 212 valence electrons. The topological polar surface area (TPSA) is 86.8 Å². The van der Waals surface area contributed by atoms with Crippen LogP contribution in [0.1, 0.15) is 55.7 Å². The molecule has 0 radical (unpaired) electrons. The second-order valence-corrected chi connectivity index (χ2v) is 12.3. The van der Waals surface area contributed by atoms with Crippen molar-refractivity contribution in [2.75, 3.05) is 10.8 Å². The minimum Gasteiger partial charge on any atom is -0.352 e. The summed E-state index contributed by atoms with van der Waals surface area (Å²) in [5.74, 6) is -0.624. The van der Waals surface area contributed by atoms with Gasteiger partial charge in [-0.25, -0.2) is 8.42 Å². The third kappa shape index (κ3) is 6.73. The average Bonchev–Trinajstić information content (AvgIpc) is 3.47. The molecule has 1 aliphatic carbocycles. The standard InChI is InChI=1S/C32H39N3O4S/c1-4-29(32(37)33-27-17-11-12-18-27)34(22-26-15-7-5-8-16-26)31(36)23-35(30-21-13-14-24(2)25(30)3)40(38,39)28-19-9-6-10-20-28/h5-10,13-16,19-21,27,29H,4,11-12,17-18,22-23H2,1-3H3,(H,33,37)/t29-/m1/s1. The van der Waals surface area contributed by atoms with Crippen molar-refractivity contribution < 1.29 is 18.0 Å². The van der Waals surface area contributed by atoms with Gasteiger partial charge in [-0.3, -0.25) is 13.9 Å². The van der Waals surface area contributed by atoms with Crippen LogP contribution in [-0.2, 0) is 26.2 Å². The van der Waals surface area contributed by atoms with Gasteiger partial charge in [-0.1, -0.05) is 80.4 Å². The van der Waals surface area contributed by atoms with Crippen LogP contribution in [0.15, 0.2) is 83.8 Å². The summed E-state index contributed by atoms with van der Waals surface area (Å²) in [6.45, 7) is 5.42. The molecule has 0 heterocycles. The Balaban J connectivity index is 1.72. The zero-order valence-electron chi connectivity index (χ0n) is 23.5. The molecule has 4 rings (SSSR count). The first-order chi connectivity index (χ1) is 19.2. The lowest BCUT2D eigenvalue weighted by Crippen LogP contribution is -2.53. The third-order valence-electron chi connectivity index (χ3n) is 7.74. The molecule has 0 aliphatic heterocycles.